The van der Waals surface area contributed by atoms with Gasteiger partial charge in [0.05, 0.1) is 0 Å². The van der Waals surface area contributed by atoms with E-state index in [2.05, 4.69) is 27.7 Å². The summed E-state index contributed by atoms with van der Waals surface area (Å²) in [7, 11) is 0. The number of unbranched alkanes of at least 4 members (excludes halogenated alkanes) is 19. The van der Waals surface area contributed by atoms with E-state index in [1.807, 2.05) is 0 Å². The topological polar surface area (TPSA) is 72.8 Å². The van der Waals surface area contributed by atoms with E-state index in [4.69, 9.17) is 9.47 Å². The summed E-state index contributed by atoms with van der Waals surface area (Å²) < 4.78 is 10.3. The zero-order valence-corrected chi connectivity index (χ0v) is 27.9. The second kappa shape index (κ2) is 30.4. The van der Waals surface area contributed by atoms with E-state index in [1.54, 1.807) is 0 Å². The number of carbonyl (C=O) groups excluding carboxylic acids is 2. The molecule has 0 rings (SSSR count). The first-order chi connectivity index (χ1) is 19.8. The lowest BCUT2D eigenvalue weighted by Gasteiger charge is -2.12. The Bertz CT molecular complexity index is 574. The smallest absolute Gasteiger partial charge is 0.305 e. The predicted octanol–water partition coefficient (Wildman–Crippen LogP) is 10.5. The molecule has 0 aliphatic rings. The van der Waals surface area contributed by atoms with Crippen molar-refractivity contribution in [2.45, 2.75) is 194 Å². The number of carbonyl (C=O) groups is 2. The number of hydrogen-bond acceptors (Lipinski definition) is 5. The molecule has 0 fully saturated rings. The molecule has 0 spiro atoms. The first-order valence-electron chi connectivity index (χ1n) is 17.8. The number of hydrogen-bond donors (Lipinski definition) is 1. The quantitative estimate of drug-likeness (QED) is 0.0650. The molecule has 41 heavy (non-hydrogen) atoms. The van der Waals surface area contributed by atoms with Gasteiger partial charge in [0.25, 0.3) is 0 Å². The van der Waals surface area contributed by atoms with Crippen molar-refractivity contribution in [2.24, 2.45) is 11.8 Å². The Morgan fingerprint density at radius 3 is 0.951 bits per heavy atom. The average molecular weight is 583 g/mol. The van der Waals surface area contributed by atoms with E-state index >= 15 is 0 Å². The lowest BCUT2D eigenvalue weighted by molar-refractivity contribution is -0.152. The van der Waals surface area contributed by atoms with Gasteiger partial charge in [0, 0.05) is 12.8 Å². The summed E-state index contributed by atoms with van der Waals surface area (Å²) in [6.07, 6.45) is 28.7. The van der Waals surface area contributed by atoms with Crippen molar-refractivity contribution in [3.8, 4) is 0 Å². The molecule has 244 valence electrons. The number of rotatable bonds is 31. The molecule has 5 nitrogen and oxygen atoms in total. The summed E-state index contributed by atoms with van der Waals surface area (Å²) in [5.74, 6) is 1.11. The molecule has 0 aliphatic heterocycles. The number of aliphatic hydroxyl groups excluding tert-OH is 1. The third-order valence-corrected chi connectivity index (χ3v) is 7.95. The summed E-state index contributed by atoms with van der Waals surface area (Å²) in [6, 6.07) is 0. The van der Waals surface area contributed by atoms with E-state index in [0.717, 1.165) is 43.9 Å². The molecule has 0 aliphatic carbocycles. The molecule has 1 atom stereocenters. The maximum absolute atomic E-state index is 11.9. The summed E-state index contributed by atoms with van der Waals surface area (Å²) in [4.78, 5) is 23.8. The molecule has 0 saturated carbocycles. The van der Waals surface area contributed by atoms with Gasteiger partial charge < -0.3 is 14.6 Å². The minimum absolute atomic E-state index is 0.110. The van der Waals surface area contributed by atoms with Crippen LogP contribution in [0.15, 0.2) is 0 Å². The monoisotopic (exact) mass is 583 g/mol. The number of aliphatic hydroxyl groups is 1. The third kappa shape index (κ3) is 33.3. The second-order valence-corrected chi connectivity index (χ2v) is 13.3. The van der Waals surface area contributed by atoms with Crippen molar-refractivity contribution in [2.75, 3.05) is 13.2 Å². The molecule has 0 bridgehead atoms. The Labute approximate surface area is 255 Å². The fourth-order valence-electron chi connectivity index (χ4n) is 5.22. The standard InChI is InChI=1S/C36H70O5/c1-32(2)26-22-18-14-10-6-5-7-12-16-20-24-28-35(38)40-30-34(37)31-41-36(39)29-25-21-17-13-9-8-11-15-19-23-27-33(3)4/h32-34,37H,5-31H2,1-4H3/t34-/m0/s1. The highest BCUT2D eigenvalue weighted by molar-refractivity contribution is 5.69. The minimum atomic E-state index is -0.955. The molecule has 0 unspecified atom stereocenters. The van der Waals surface area contributed by atoms with Gasteiger partial charge in [-0.25, -0.2) is 0 Å². The van der Waals surface area contributed by atoms with Gasteiger partial charge in [-0.2, -0.15) is 0 Å². The molecule has 0 aromatic rings. The van der Waals surface area contributed by atoms with Crippen molar-refractivity contribution in [1.29, 1.82) is 0 Å². The van der Waals surface area contributed by atoms with Gasteiger partial charge >= 0.3 is 11.9 Å². The van der Waals surface area contributed by atoms with Crippen molar-refractivity contribution in [3.63, 3.8) is 0 Å². The maximum atomic E-state index is 11.9. The van der Waals surface area contributed by atoms with Gasteiger partial charge in [-0.1, -0.05) is 163 Å². The molecular formula is C36H70O5. The first-order valence-corrected chi connectivity index (χ1v) is 17.8. The zero-order valence-electron chi connectivity index (χ0n) is 27.9. The molecule has 0 amide bonds. The largest absolute Gasteiger partial charge is 0.463 e. The third-order valence-electron chi connectivity index (χ3n) is 7.95. The summed E-state index contributed by atoms with van der Waals surface area (Å²) in [5, 5.41) is 9.97. The normalized spacial score (nSPS) is 12.3. The van der Waals surface area contributed by atoms with Crippen molar-refractivity contribution in [3.05, 3.63) is 0 Å². The SMILES string of the molecule is CC(C)CCCCCCCCCCCCCC(=O)OC[C@H](O)COC(=O)CCCCCCCCCCCCC(C)C. The molecule has 0 aromatic carbocycles. The van der Waals surface area contributed by atoms with Crippen LogP contribution in [0.4, 0.5) is 0 Å². The highest BCUT2D eigenvalue weighted by Gasteiger charge is 2.12. The lowest BCUT2D eigenvalue weighted by atomic mass is 10.0. The van der Waals surface area contributed by atoms with Gasteiger partial charge in [-0.05, 0) is 24.7 Å². The Morgan fingerprint density at radius 1 is 0.439 bits per heavy atom. The van der Waals surface area contributed by atoms with Crippen LogP contribution in [0.2, 0.25) is 0 Å². The van der Waals surface area contributed by atoms with Gasteiger partial charge in [0.15, 0.2) is 0 Å². The Kier molecular flexibility index (Phi) is 29.5. The van der Waals surface area contributed by atoms with Crippen LogP contribution in [0.25, 0.3) is 0 Å². The maximum Gasteiger partial charge on any atom is 0.305 e. The van der Waals surface area contributed by atoms with Crippen molar-refractivity contribution >= 4 is 11.9 Å². The predicted molar refractivity (Wildman–Crippen MR) is 173 cm³/mol. The summed E-state index contributed by atoms with van der Waals surface area (Å²) >= 11 is 0. The van der Waals surface area contributed by atoms with Crippen LogP contribution >= 0.6 is 0 Å². The molecule has 0 saturated heterocycles. The van der Waals surface area contributed by atoms with Crippen molar-refractivity contribution < 1.29 is 24.2 Å². The fraction of sp³-hybridized carbons (Fsp3) is 0.944. The Morgan fingerprint density at radius 2 is 0.683 bits per heavy atom. The molecule has 1 N–H and O–H groups in total. The lowest BCUT2D eigenvalue weighted by Crippen LogP contribution is -2.25. The van der Waals surface area contributed by atoms with Gasteiger partial charge in [-0.15, -0.1) is 0 Å². The molecular weight excluding hydrogens is 512 g/mol. The zero-order chi connectivity index (χ0) is 30.4. The van der Waals surface area contributed by atoms with Crippen molar-refractivity contribution in [1.82, 2.24) is 0 Å². The van der Waals surface area contributed by atoms with Crippen LogP contribution in [0.5, 0.6) is 0 Å². The number of esters is 2. The van der Waals surface area contributed by atoms with Gasteiger partial charge in [0.1, 0.15) is 19.3 Å². The van der Waals surface area contributed by atoms with Crippen LogP contribution in [-0.2, 0) is 19.1 Å². The average Bonchev–Trinajstić information content (AvgIpc) is 2.93. The Balaban J connectivity index is 3.41. The van der Waals surface area contributed by atoms with Crippen LogP contribution in [0, 0.1) is 11.8 Å². The Hall–Kier alpha value is -1.10. The van der Waals surface area contributed by atoms with Gasteiger partial charge in [0.2, 0.25) is 0 Å². The summed E-state index contributed by atoms with van der Waals surface area (Å²) in [6.45, 7) is 8.97. The molecule has 5 heteroatoms. The molecule has 0 aromatic heterocycles. The fourth-order valence-corrected chi connectivity index (χ4v) is 5.22. The van der Waals surface area contributed by atoms with Crippen LogP contribution < -0.4 is 0 Å². The highest BCUT2D eigenvalue weighted by atomic mass is 16.6. The van der Waals surface area contributed by atoms with Crippen LogP contribution in [0.3, 0.4) is 0 Å². The van der Waals surface area contributed by atoms with E-state index in [-0.39, 0.29) is 25.2 Å². The number of ether oxygens (including phenoxy) is 2. The van der Waals surface area contributed by atoms with E-state index in [9.17, 15) is 14.7 Å². The van der Waals surface area contributed by atoms with Crippen LogP contribution in [0.1, 0.15) is 188 Å². The van der Waals surface area contributed by atoms with E-state index in [0.29, 0.717) is 12.8 Å². The summed E-state index contributed by atoms with van der Waals surface area (Å²) in [5.41, 5.74) is 0. The molecule has 0 radical (unpaired) electrons. The second-order valence-electron chi connectivity index (χ2n) is 13.3. The van der Waals surface area contributed by atoms with Gasteiger partial charge in [-0.3, -0.25) is 9.59 Å². The van der Waals surface area contributed by atoms with E-state index < -0.39 is 6.10 Å². The first kappa shape index (κ1) is 39.9. The van der Waals surface area contributed by atoms with E-state index in [1.165, 1.54) is 116 Å². The molecule has 0 heterocycles. The van der Waals surface area contributed by atoms with Crippen LogP contribution in [-0.4, -0.2) is 36.4 Å². The minimum Gasteiger partial charge on any atom is -0.463 e. The highest BCUT2D eigenvalue weighted by Crippen LogP contribution is 2.15.